The van der Waals surface area contributed by atoms with Crippen LogP contribution in [0.1, 0.15) is 30.0 Å². The molecule has 1 heterocycles. The number of nitrogens with zero attached hydrogens (tertiary/aromatic N) is 1. The summed E-state index contributed by atoms with van der Waals surface area (Å²) in [5.41, 5.74) is 5.66. The smallest absolute Gasteiger partial charge is 0.0372 e. The molecule has 22 heavy (non-hydrogen) atoms. The van der Waals surface area contributed by atoms with E-state index < -0.39 is 0 Å². The third-order valence-corrected chi connectivity index (χ3v) is 4.67. The molecule has 0 amide bonds. The second kappa shape index (κ2) is 6.97. The molecule has 2 aromatic carbocycles. The van der Waals surface area contributed by atoms with E-state index in [1.807, 2.05) is 0 Å². The van der Waals surface area contributed by atoms with E-state index in [0.29, 0.717) is 6.04 Å². The lowest BCUT2D eigenvalue weighted by Gasteiger charge is -2.26. The van der Waals surface area contributed by atoms with Gasteiger partial charge in [-0.15, -0.1) is 0 Å². The van der Waals surface area contributed by atoms with Gasteiger partial charge in [-0.1, -0.05) is 42.5 Å². The Labute approximate surface area is 134 Å². The first kappa shape index (κ1) is 15.1. The first-order valence-corrected chi connectivity index (χ1v) is 8.32. The van der Waals surface area contributed by atoms with Crippen LogP contribution in [-0.2, 0) is 19.4 Å². The van der Waals surface area contributed by atoms with Crippen molar-refractivity contribution in [3.8, 4) is 0 Å². The summed E-state index contributed by atoms with van der Waals surface area (Å²) < 4.78 is 0. The quantitative estimate of drug-likeness (QED) is 0.893. The summed E-state index contributed by atoms with van der Waals surface area (Å²) in [4.78, 5) is 2.44. The number of fused-ring (bicyclic) bond motifs is 1. The molecule has 2 nitrogen and oxygen atoms in total. The van der Waals surface area contributed by atoms with Gasteiger partial charge in [0.25, 0.3) is 0 Å². The van der Waals surface area contributed by atoms with Gasteiger partial charge < -0.3 is 5.32 Å². The fourth-order valence-electron chi connectivity index (χ4n) is 3.18. The molecule has 0 radical (unpaired) electrons. The molecule has 0 bridgehead atoms. The number of rotatable bonds is 5. The van der Waals surface area contributed by atoms with Crippen LogP contribution in [0.25, 0.3) is 0 Å². The number of likely N-dealkylation sites (N-methyl/N-ethyl adjacent to an activating group) is 1. The van der Waals surface area contributed by atoms with Gasteiger partial charge in [-0.05, 0) is 56.0 Å². The Balaban J connectivity index is 1.62. The number of anilines is 1. The highest BCUT2D eigenvalue weighted by molar-refractivity contribution is 5.54. The van der Waals surface area contributed by atoms with Crippen molar-refractivity contribution in [2.45, 2.75) is 38.8 Å². The lowest BCUT2D eigenvalue weighted by atomic mass is 9.97. The van der Waals surface area contributed by atoms with Crippen molar-refractivity contribution < 1.29 is 0 Å². The van der Waals surface area contributed by atoms with Crippen LogP contribution in [0.15, 0.2) is 48.5 Å². The van der Waals surface area contributed by atoms with Crippen molar-refractivity contribution in [2.24, 2.45) is 0 Å². The minimum absolute atomic E-state index is 0.537. The zero-order valence-electron chi connectivity index (χ0n) is 13.7. The van der Waals surface area contributed by atoms with Crippen LogP contribution in [-0.4, -0.2) is 24.5 Å². The summed E-state index contributed by atoms with van der Waals surface area (Å²) in [7, 11) is 2.22. The summed E-state index contributed by atoms with van der Waals surface area (Å²) in [6, 6.07) is 18.2. The molecule has 3 rings (SSSR count). The normalized spacial score (nSPS) is 15.2. The fraction of sp³-hybridized carbons (Fsp3) is 0.400. The molecule has 1 unspecified atom stereocenters. The van der Waals surface area contributed by atoms with Gasteiger partial charge in [0.15, 0.2) is 0 Å². The van der Waals surface area contributed by atoms with Crippen molar-refractivity contribution in [3.05, 3.63) is 65.2 Å². The van der Waals surface area contributed by atoms with Gasteiger partial charge >= 0.3 is 0 Å². The van der Waals surface area contributed by atoms with Gasteiger partial charge in [-0.25, -0.2) is 0 Å². The van der Waals surface area contributed by atoms with Crippen molar-refractivity contribution in [2.75, 3.05) is 18.9 Å². The Morgan fingerprint density at radius 3 is 2.73 bits per heavy atom. The monoisotopic (exact) mass is 294 g/mol. The SMILES string of the molecule is CC(Cc1ccc2c(c1)CCCN2)N(C)Cc1ccccc1. The standard InChI is InChI=1S/C20H26N2/c1-16(22(2)15-17-7-4-3-5-8-17)13-18-10-11-20-19(14-18)9-6-12-21-20/h3-5,7-8,10-11,14,16,21H,6,9,12-13,15H2,1-2H3. The molecule has 0 saturated carbocycles. The first-order chi connectivity index (χ1) is 10.7. The Kier molecular flexibility index (Phi) is 4.79. The van der Waals surface area contributed by atoms with E-state index in [2.05, 4.69) is 72.7 Å². The number of benzene rings is 2. The molecular formula is C20H26N2. The van der Waals surface area contributed by atoms with E-state index in [9.17, 15) is 0 Å². The van der Waals surface area contributed by atoms with Crippen LogP contribution in [0.2, 0.25) is 0 Å². The first-order valence-electron chi connectivity index (χ1n) is 8.32. The average molecular weight is 294 g/mol. The molecule has 2 aromatic rings. The van der Waals surface area contributed by atoms with Gasteiger partial charge in [-0.3, -0.25) is 4.90 Å². The molecule has 116 valence electrons. The molecule has 1 N–H and O–H groups in total. The minimum Gasteiger partial charge on any atom is -0.385 e. The van der Waals surface area contributed by atoms with E-state index in [1.54, 1.807) is 0 Å². The topological polar surface area (TPSA) is 15.3 Å². The van der Waals surface area contributed by atoms with Crippen molar-refractivity contribution in [1.82, 2.24) is 4.90 Å². The van der Waals surface area contributed by atoms with E-state index >= 15 is 0 Å². The maximum atomic E-state index is 3.49. The highest BCUT2D eigenvalue weighted by Crippen LogP contribution is 2.24. The molecule has 1 aliphatic heterocycles. The summed E-state index contributed by atoms with van der Waals surface area (Å²) in [5, 5.41) is 3.49. The van der Waals surface area contributed by atoms with Gasteiger partial charge in [-0.2, -0.15) is 0 Å². The number of aryl methyl sites for hydroxylation is 1. The average Bonchev–Trinajstić information content (AvgIpc) is 2.55. The van der Waals surface area contributed by atoms with Crippen LogP contribution < -0.4 is 5.32 Å². The number of hydrogen-bond acceptors (Lipinski definition) is 2. The highest BCUT2D eigenvalue weighted by Gasteiger charge is 2.13. The molecule has 0 aliphatic carbocycles. The van der Waals surface area contributed by atoms with Crippen molar-refractivity contribution in [1.29, 1.82) is 0 Å². The Hall–Kier alpha value is -1.80. The van der Waals surface area contributed by atoms with Gasteiger partial charge in [0.2, 0.25) is 0 Å². The van der Waals surface area contributed by atoms with Gasteiger partial charge in [0.05, 0.1) is 0 Å². The molecule has 1 aliphatic rings. The van der Waals surface area contributed by atoms with Crippen LogP contribution >= 0.6 is 0 Å². The molecule has 0 fully saturated rings. The number of nitrogens with one attached hydrogen (secondary N) is 1. The number of hydrogen-bond donors (Lipinski definition) is 1. The highest BCUT2D eigenvalue weighted by atomic mass is 15.1. The van der Waals surface area contributed by atoms with E-state index in [0.717, 1.165) is 19.5 Å². The van der Waals surface area contributed by atoms with Crippen LogP contribution in [0.3, 0.4) is 0 Å². The largest absolute Gasteiger partial charge is 0.385 e. The fourth-order valence-corrected chi connectivity index (χ4v) is 3.18. The van der Waals surface area contributed by atoms with Crippen LogP contribution in [0.5, 0.6) is 0 Å². The summed E-state index contributed by atoms with van der Waals surface area (Å²) in [5.74, 6) is 0. The van der Waals surface area contributed by atoms with Crippen LogP contribution in [0, 0.1) is 0 Å². The summed E-state index contributed by atoms with van der Waals surface area (Å²) in [6.07, 6.45) is 3.57. The Morgan fingerprint density at radius 2 is 1.91 bits per heavy atom. The molecular weight excluding hydrogens is 268 g/mol. The Morgan fingerprint density at radius 1 is 1.09 bits per heavy atom. The minimum atomic E-state index is 0.537. The lowest BCUT2D eigenvalue weighted by molar-refractivity contribution is 0.248. The maximum absolute atomic E-state index is 3.49. The molecule has 2 heteroatoms. The van der Waals surface area contributed by atoms with Crippen LogP contribution in [0.4, 0.5) is 5.69 Å². The van der Waals surface area contributed by atoms with Crippen molar-refractivity contribution >= 4 is 5.69 Å². The Bertz CT molecular complexity index is 606. The summed E-state index contributed by atoms with van der Waals surface area (Å²) >= 11 is 0. The molecule has 0 aromatic heterocycles. The molecule has 0 spiro atoms. The second-order valence-corrected chi connectivity index (χ2v) is 6.48. The third kappa shape index (κ3) is 3.69. The summed E-state index contributed by atoms with van der Waals surface area (Å²) in [6.45, 7) is 4.44. The van der Waals surface area contributed by atoms with Gasteiger partial charge in [0, 0.05) is 24.8 Å². The molecule has 1 atom stereocenters. The lowest BCUT2D eigenvalue weighted by Crippen LogP contribution is -2.30. The maximum Gasteiger partial charge on any atom is 0.0372 e. The van der Waals surface area contributed by atoms with E-state index in [-0.39, 0.29) is 0 Å². The second-order valence-electron chi connectivity index (χ2n) is 6.48. The predicted molar refractivity (Wildman–Crippen MR) is 94.3 cm³/mol. The van der Waals surface area contributed by atoms with E-state index in [1.165, 1.54) is 35.2 Å². The zero-order valence-corrected chi connectivity index (χ0v) is 13.7. The van der Waals surface area contributed by atoms with Gasteiger partial charge in [0.1, 0.15) is 0 Å². The zero-order chi connectivity index (χ0) is 15.4. The van der Waals surface area contributed by atoms with E-state index in [4.69, 9.17) is 0 Å². The third-order valence-electron chi connectivity index (χ3n) is 4.67. The molecule has 0 saturated heterocycles. The predicted octanol–water partition coefficient (Wildman–Crippen LogP) is 4.11. The van der Waals surface area contributed by atoms with Crippen molar-refractivity contribution in [3.63, 3.8) is 0 Å².